The number of carbonyl (C=O) groups excluding carboxylic acids is 1. The van der Waals surface area contributed by atoms with Crippen LogP contribution in [0.4, 0.5) is 5.69 Å². The van der Waals surface area contributed by atoms with Gasteiger partial charge in [0.2, 0.25) is 11.1 Å². The number of nitrogens with one attached hydrogen (secondary N) is 1. The van der Waals surface area contributed by atoms with Crippen molar-refractivity contribution in [3.8, 4) is 0 Å². The zero-order valence-corrected chi connectivity index (χ0v) is 15.2. The number of rotatable bonds is 6. The molecule has 0 unspecified atom stereocenters. The Hall–Kier alpha value is -1.90. The van der Waals surface area contributed by atoms with Gasteiger partial charge in [-0.05, 0) is 46.5 Å². The fourth-order valence-electron chi connectivity index (χ4n) is 1.99. The van der Waals surface area contributed by atoms with Crippen LogP contribution in [0.5, 0.6) is 0 Å². The van der Waals surface area contributed by atoms with Crippen LogP contribution in [0.1, 0.15) is 10.4 Å². The molecule has 1 amide bonds. The molecule has 6 nitrogen and oxygen atoms in total. The molecule has 2 heterocycles. The minimum Gasteiger partial charge on any atom is -0.324 e. The van der Waals surface area contributed by atoms with Crippen LogP contribution in [0.15, 0.2) is 40.9 Å². The number of aromatic nitrogens is 4. The first-order valence-electron chi connectivity index (χ1n) is 7.09. The topological polar surface area (TPSA) is 72.7 Å². The number of amides is 1. The fraction of sp³-hybridized carbons (Fsp3) is 0.200. The SMILES string of the molecule is Cc1ccc(NC(=O)CSc2nnnn2Cc2cccs2)c(Cl)c1. The molecule has 1 N–H and O–H groups in total. The number of carbonyl (C=O) groups is 1. The third-order valence-corrected chi connectivity index (χ3v) is 5.25. The smallest absolute Gasteiger partial charge is 0.234 e. The molecule has 124 valence electrons. The summed E-state index contributed by atoms with van der Waals surface area (Å²) >= 11 is 9.05. The number of benzene rings is 1. The number of nitrogens with zero attached hydrogens (tertiary/aromatic N) is 4. The molecular formula is C15H14ClN5OS2. The van der Waals surface area contributed by atoms with Crippen LogP contribution in [-0.2, 0) is 11.3 Å². The first-order valence-corrected chi connectivity index (χ1v) is 9.33. The minimum atomic E-state index is -0.156. The van der Waals surface area contributed by atoms with Crippen molar-refractivity contribution in [2.75, 3.05) is 11.1 Å². The highest BCUT2D eigenvalue weighted by atomic mass is 35.5. The molecule has 0 aliphatic rings. The van der Waals surface area contributed by atoms with Crippen molar-refractivity contribution < 1.29 is 4.79 Å². The van der Waals surface area contributed by atoms with E-state index in [1.807, 2.05) is 36.6 Å². The summed E-state index contributed by atoms with van der Waals surface area (Å²) in [6.45, 7) is 2.54. The first kappa shape index (κ1) is 16.9. The molecule has 0 saturated heterocycles. The van der Waals surface area contributed by atoms with Gasteiger partial charge in [-0.1, -0.05) is 35.5 Å². The summed E-state index contributed by atoms with van der Waals surface area (Å²) in [4.78, 5) is 13.3. The average molecular weight is 380 g/mol. The van der Waals surface area contributed by atoms with Gasteiger partial charge in [-0.25, -0.2) is 4.68 Å². The predicted octanol–water partition coefficient (Wildman–Crippen LogP) is 3.48. The average Bonchev–Trinajstić information content (AvgIpc) is 3.20. The van der Waals surface area contributed by atoms with E-state index in [9.17, 15) is 4.79 Å². The van der Waals surface area contributed by atoms with Gasteiger partial charge in [0.05, 0.1) is 23.0 Å². The summed E-state index contributed by atoms with van der Waals surface area (Å²) in [7, 11) is 0. The van der Waals surface area contributed by atoms with Crippen LogP contribution in [0, 0.1) is 6.92 Å². The highest BCUT2D eigenvalue weighted by Gasteiger charge is 2.12. The van der Waals surface area contributed by atoms with Crippen molar-refractivity contribution in [3.63, 3.8) is 0 Å². The van der Waals surface area contributed by atoms with E-state index >= 15 is 0 Å². The molecule has 0 aliphatic carbocycles. The quantitative estimate of drug-likeness (QED) is 0.664. The lowest BCUT2D eigenvalue weighted by Crippen LogP contribution is -2.15. The Kier molecular flexibility index (Phi) is 5.49. The molecule has 1 aromatic carbocycles. The number of thioether (sulfide) groups is 1. The maximum atomic E-state index is 12.1. The normalized spacial score (nSPS) is 10.8. The van der Waals surface area contributed by atoms with Crippen molar-refractivity contribution in [2.24, 2.45) is 0 Å². The summed E-state index contributed by atoms with van der Waals surface area (Å²) in [5, 5.41) is 17.5. The molecule has 0 fully saturated rings. The molecule has 0 aliphatic heterocycles. The van der Waals surface area contributed by atoms with E-state index in [2.05, 4.69) is 20.8 Å². The van der Waals surface area contributed by atoms with Gasteiger partial charge in [0.1, 0.15) is 0 Å². The van der Waals surface area contributed by atoms with E-state index in [4.69, 9.17) is 11.6 Å². The number of tetrazole rings is 1. The Balaban J connectivity index is 1.58. The Morgan fingerprint density at radius 3 is 3.04 bits per heavy atom. The van der Waals surface area contributed by atoms with Gasteiger partial charge in [0.25, 0.3) is 0 Å². The van der Waals surface area contributed by atoms with Gasteiger partial charge in [-0.15, -0.1) is 16.4 Å². The molecule has 0 spiro atoms. The van der Waals surface area contributed by atoms with Crippen molar-refractivity contribution in [2.45, 2.75) is 18.6 Å². The van der Waals surface area contributed by atoms with E-state index in [-0.39, 0.29) is 11.7 Å². The second kappa shape index (κ2) is 7.78. The molecule has 2 aromatic heterocycles. The molecule has 0 radical (unpaired) electrons. The lowest BCUT2D eigenvalue weighted by Gasteiger charge is -2.07. The number of hydrogen-bond acceptors (Lipinski definition) is 6. The van der Waals surface area contributed by atoms with E-state index in [1.54, 1.807) is 22.1 Å². The monoisotopic (exact) mass is 379 g/mol. The van der Waals surface area contributed by atoms with Gasteiger partial charge >= 0.3 is 0 Å². The zero-order valence-electron chi connectivity index (χ0n) is 12.8. The predicted molar refractivity (Wildman–Crippen MR) is 96.8 cm³/mol. The van der Waals surface area contributed by atoms with Crippen molar-refractivity contribution in [1.82, 2.24) is 20.2 Å². The second-order valence-corrected chi connectivity index (χ2v) is 7.40. The van der Waals surface area contributed by atoms with Gasteiger partial charge in [-0.3, -0.25) is 4.79 Å². The Morgan fingerprint density at radius 1 is 1.42 bits per heavy atom. The highest BCUT2D eigenvalue weighted by Crippen LogP contribution is 2.23. The number of aryl methyl sites for hydroxylation is 1. The van der Waals surface area contributed by atoms with Crippen LogP contribution in [-0.4, -0.2) is 31.9 Å². The molecule has 0 atom stereocenters. The van der Waals surface area contributed by atoms with Crippen LogP contribution in [0.3, 0.4) is 0 Å². The maximum absolute atomic E-state index is 12.1. The summed E-state index contributed by atoms with van der Waals surface area (Å²) in [6.07, 6.45) is 0. The largest absolute Gasteiger partial charge is 0.324 e. The third kappa shape index (κ3) is 4.34. The van der Waals surface area contributed by atoms with Crippen LogP contribution in [0.2, 0.25) is 5.02 Å². The Labute approximate surface area is 152 Å². The molecule has 9 heteroatoms. The molecule has 3 rings (SSSR count). The Morgan fingerprint density at radius 2 is 2.29 bits per heavy atom. The number of anilines is 1. The van der Waals surface area contributed by atoms with Gasteiger partial charge in [0, 0.05) is 4.88 Å². The maximum Gasteiger partial charge on any atom is 0.234 e. The third-order valence-electron chi connectivity index (χ3n) is 3.12. The summed E-state index contributed by atoms with van der Waals surface area (Å²) in [6, 6.07) is 9.51. The van der Waals surface area contributed by atoms with E-state index in [0.29, 0.717) is 22.4 Å². The van der Waals surface area contributed by atoms with Crippen molar-refractivity contribution >= 4 is 46.3 Å². The van der Waals surface area contributed by atoms with Gasteiger partial charge in [0.15, 0.2) is 0 Å². The lowest BCUT2D eigenvalue weighted by molar-refractivity contribution is -0.113. The van der Waals surface area contributed by atoms with Gasteiger partial charge in [-0.2, -0.15) is 0 Å². The second-order valence-electron chi connectivity index (χ2n) is 5.02. The van der Waals surface area contributed by atoms with Crippen LogP contribution >= 0.6 is 34.7 Å². The molecule has 0 bridgehead atoms. The van der Waals surface area contributed by atoms with Crippen molar-refractivity contribution in [1.29, 1.82) is 0 Å². The standard InChI is InChI=1S/C15H14ClN5OS2/c1-10-4-5-13(12(16)7-10)17-14(22)9-24-15-18-19-20-21(15)8-11-3-2-6-23-11/h2-7H,8-9H2,1H3,(H,17,22). The molecule has 0 saturated carbocycles. The summed E-state index contributed by atoms with van der Waals surface area (Å²) < 4.78 is 1.68. The Bertz CT molecular complexity index is 834. The van der Waals surface area contributed by atoms with Crippen LogP contribution in [0.25, 0.3) is 0 Å². The van der Waals surface area contributed by atoms with E-state index in [1.165, 1.54) is 11.8 Å². The first-order chi connectivity index (χ1) is 11.6. The minimum absolute atomic E-state index is 0.156. The number of halogens is 1. The van der Waals surface area contributed by atoms with Crippen LogP contribution < -0.4 is 5.32 Å². The molecular weight excluding hydrogens is 366 g/mol. The molecule has 24 heavy (non-hydrogen) atoms. The lowest BCUT2D eigenvalue weighted by atomic mass is 10.2. The van der Waals surface area contributed by atoms with Crippen molar-refractivity contribution in [3.05, 3.63) is 51.2 Å². The number of hydrogen-bond donors (Lipinski definition) is 1. The van der Waals surface area contributed by atoms with Gasteiger partial charge < -0.3 is 5.32 Å². The molecule has 3 aromatic rings. The zero-order chi connectivity index (χ0) is 16.9. The highest BCUT2D eigenvalue weighted by molar-refractivity contribution is 7.99. The summed E-state index contributed by atoms with van der Waals surface area (Å²) in [5.74, 6) is 0.0473. The number of thiophene rings is 1. The fourth-order valence-corrected chi connectivity index (χ4v) is 3.63. The summed E-state index contributed by atoms with van der Waals surface area (Å²) in [5.41, 5.74) is 1.64. The van der Waals surface area contributed by atoms with E-state index < -0.39 is 0 Å². The van der Waals surface area contributed by atoms with E-state index in [0.717, 1.165) is 10.4 Å².